The SMILES string of the molecule is CC1(C)OC[C@@H]2C=C[C@H](O)C[C@H]2O1. The second-order valence-electron chi connectivity index (χ2n) is 4.22. The van der Waals surface area contributed by atoms with Crippen molar-refractivity contribution in [3.63, 3.8) is 0 Å². The molecule has 1 aliphatic heterocycles. The first-order valence-electron chi connectivity index (χ1n) is 4.75. The summed E-state index contributed by atoms with van der Waals surface area (Å²) in [6.45, 7) is 4.52. The number of hydrogen-bond acceptors (Lipinski definition) is 3. The maximum atomic E-state index is 9.41. The highest BCUT2D eigenvalue weighted by Crippen LogP contribution is 2.32. The van der Waals surface area contributed by atoms with E-state index in [9.17, 15) is 5.11 Å². The van der Waals surface area contributed by atoms with Gasteiger partial charge in [-0.2, -0.15) is 0 Å². The van der Waals surface area contributed by atoms with E-state index < -0.39 is 5.79 Å². The first kappa shape index (κ1) is 9.19. The molecular formula is C10H16O3. The van der Waals surface area contributed by atoms with Gasteiger partial charge >= 0.3 is 0 Å². The number of aliphatic hydroxyl groups is 1. The van der Waals surface area contributed by atoms with Gasteiger partial charge in [0.1, 0.15) is 0 Å². The van der Waals surface area contributed by atoms with Crippen LogP contribution >= 0.6 is 0 Å². The van der Waals surface area contributed by atoms with E-state index in [0.29, 0.717) is 18.9 Å². The van der Waals surface area contributed by atoms with Gasteiger partial charge in [-0.25, -0.2) is 0 Å². The topological polar surface area (TPSA) is 38.7 Å². The summed E-state index contributed by atoms with van der Waals surface area (Å²) in [5.74, 6) is -0.178. The number of fused-ring (bicyclic) bond motifs is 1. The molecule has 2 aliphatic rings. The second-order valence-corrected chi connectivity index (χ2v) is 4.22. The highest BCUT2D eigenvalue weighted by Gasteiger charge is 2.37. The molecule has 3 heteroatoms. The molecule has 0 aromatic rings. The summed E-state index contributed by atoms with van der Waals surface area (Å²) in [6.07, 6.45) is 4.27. The predicted molar refractivity (Wildman–Crippen MR) is 48.2 cm³/mol. The van der Waals surface area contributed by atoms with E-state index in [0.717, 1.165) is 0 Å². The zero-order valence-electron chi connectivity index (χ0n) is 8.06. The standard InChI is InChI=1S/C10H16O3/c1-10(2)12-6-7-3-4-8(11)5-9(7)13-10/h3-4,7-9,11H,5-6H2,1-2H3/t7-,8-,9+/m0/s1. The van der Waals surface area contributed by atoms with Crippen molar-refractivity contribution >= 4 is 0 Å². The molecule has 1 N–H and O–H groups in total. The van der Waals surface area contributed by atoms with Crippen LogP contribution in [0.5, 0.6) is 0 Å². The summed E-state index contributed by atoms with van der Waals surface area (Å²) >= 11 is 0. The van der Waals surface area contributed by atoms with Crippen molar-refractivity contribution in [2.75, 3.05) is 6.61 Å². The van der Waals surface area contributed by atoms with Crippen molar-refractivity contribution in [3.8, 4) is 0 Å². The maximum Gasteiger partial charge on any atom is 0.163 e. The lowest BCUT2D eigenvalue weighted by Crippen LogP contribution is -2.47. The Bertz CT molecular complexity index is 222. The zero-order chi connectivity index (χ0) is 9.47. The third-order valence-corrected chi connectivity index (χ3v) is 2.59. The van der Waals surface area contributed by atoms with Crippen LogP contribution in [0.15, 0.2) is 12.2 Å². The Labute approximate surface area is 78.3 Å². The van der Waals surface area contributed by atoms with Gasteiger partial charge in [0.2, 0.25) is 0 Å². The molecule has 0 bridgehead atoms. The molecule has 1 saturated heterocycles. The molecule has 1 aliphatic carbocycles. The van der Waals surface area contributed by atoms with Crippen LogP contribution in [0.1, 0.15) is 20.3 Å². The van der Waals surface area contributed by atoms with Crippen LogP contribution in [0, 0.1) is 5.92 Å². The molecule has 0 aromatic heterocycles. The molecule has 0 aromatic carbocycles. The lowest BCUT2D eigenvalue weighted by atomic mass is 9.90. The fourth-order valence-electron chi connectivity index (χ4n) is 1.88. The van der Waals surface area contributed by atoms with E-state index in [1.54, 1.807) is 0 Å². The van der Waals surface area contributed by atoms with E-state index in [1.165, 1.54) is 0 Å². The van der Waals surface area contributed by atoms with Gasteiger partial charge < -0.3 is 14.6 Å². The monoisotopic (exact) mass is 184 g/mol. The Morgan fingerprint density at radius 3 is 2.92 bits per heavy atom. The first-order chi connectivity index (χ1) is 6.07. The van der Waals surface area contributed by atoms with Gasteiger partial charge in [-0.15, -0.1) is 0 Å². The van der Waals surface area contributed by atoms with Gasteiger partial charge in [0.15, 0.2) is 5.79 Å². The van der Waals surface area contributed by atoms with Crippen LogP contribution in [0.3, 0.4) is 0 Å². The zero-order valence-corrected chi connectivity index (χ0v) is 8.06. The third kappa shape index (κ3) is 1.93. The molecule has 0 radical (unpaired) electrons. The molecule has 1 fully saturated rings. The molecule has 0 spiro atoms. The normalized spacial score (nSPS) is 42.8. The minimum Gasteiger partial charge on any atom is -0.389 e. The smallest absolute Gasteiger partial charge is 0.163 e. The van der Waals surface area contributed by atoms with Crippen LogP contribution in [0.4, 0.5) is 0 Å². The van der Waals surface area contributed by atoms with Crippen molar-refractivity contribution < 1.29 is 14.6 Å². The van der Waals surface area contributed by atoms with Crippen LogP contribution in [-0.4, -0.2) is 29.7 Å². The fourth-order valence-corrected chi connectivity index (χ4v) is 1.88. The third-order valence-electron chi connectivity index (χ3n) is 2.59. The van der Waals surface area contributed by atoms with Gasteiger partial charge in [0.25, 0.3) is 0 Å². The summed E-state index contributed by atoms with van der Waals surface area (Å²) < 4.78 is 11.2. The van der Waals surface area contributed by atoms with Gasteiger partial charge in [-0.1, -0.05) is 12.2 Å². The van der Waals surface area contributed by atoms with E-state index in [2.05, 4.69) is 0 Å². The van der Waals surface area contributed by atoms with Crippen LogP contribution in [-0.2, 0) is 9.47 Å². The fraction of sp³-hybridized carbons (Fsp3) is 0.800. The van der Waals surface area contributed by atoms with Crippen molar-refractivity contribution in [2.45, 2.75) is 38.3 Å². The number of ether oxygens (including phenoxy) is 2. The summed E-state index contributed by atoms with van der Waals surface area (Å²) in [7, 11) is 0. The number of rotatable bonds is 0. The van der Waals surface area contributed by atoms with E-state index in [-0.39, 0.29) is 12.2 Å². The highest BCUT2D eigenvalue weighted by molar-refractivity contribution is 5.04. The summed E-state index contributed by atoms with van der Waals surface area (Å²) in [5.41, 5.74) is 0. The average Bonchev–Trinajstić information content (AvgIpc) is 2.01. The largest absolute Gasteiger partial charge is 0.389 e. The van der Waals surface area contributed by atoms with Gasteiger partial charge in [0, 0.05) is 12.3 Å². The molecule has 0 saturated carbocycles. The Morgan fingerprint density at radius 1 is 1.38 bits per heavy atom. The molecule has 0 unspecified atom stereocenters. The lowest BCUT2D eigenvalue weighted by molar-refractivity contribution is -0.290. The van der Waals surface area contributed by atoms with Crippen molar-refractivity contribution in [1.29, 1.82) is 0 Å². The predicted octanol–water partition coefficient (Wildman–Crippen LogP) is 1.07. The summed E-state index contributed by atoms with van der Waals surface area (Å²) in [6, 6.07) is 0. The van der Waals surface area contributed by atoms with E-state index >= 15 is 0 Å². The summed E-state index contributed by atoms with van der Waals surface area (Å²) in [5, 5.41) is 9.41. The van der Waals surface area contributed by atoms with Crippen molar-refractivity contribution in [2.24, 2.45) is 5.92 Å². The molecule has 2 rings (SSSR count). The molecule has 0 amide bonds. The van der Waals surface area contributed by atoms with Gasteiger partial charge in [0.05, 0.1) is 18.8 Å². The Hall–Kier alpha value is -0.380. The lowest BCUT2D eigenvalue weighted by Gasteiger charge is -2.42. The summed E-state index contributed by atoms with van der Waals surface area (Å²) in [4.78, 5) is 0. The quantitative estimate of drug-likeness (QED) is 0.572. The van der Waals surface area contributed by atoms with Crippen molar-refractivity contribution in [1.82, 2.24) is 0 Å². The minimum absolute atomic E-state index is 0.115. The molecule has 3 nitrogen and oxygen atoms in total. The first-order valence-corrected chi connectivity index (χ1v) is 4.75. The van der Waals surface area contributed by atoms with Crippen LogP contribution in [0.2, 0.25) is 0 Å². The molecule has 74 valence electrons. The number of aliphatic hydroxyl groups excluding tert-OH is 1. The molecule has 13 heavy (non-hydrogen) atoms. The van der Waals surface area contributed by atoms with Crippen LogP contribution < -0.4 is 0 Å². The molecule has 3 atom stereocenters. The Kier molecular flexibility index (Phi) is 2.18. The Balaban J connectivity index is 2.08. The maximum absolute atomic E-state index is 9.41. The molecular weight excluding hydrogens is 168 g/mol. The van der Waals surface area contributed by atoms with E-state index in [1.807, 2.05) is 26.0 Å². The Morgan fingerprint density at radius 2 is 2.15 bits per heavy atom. The van der Waals surface area contributed by atoms with Gasteiger partial charge in [-0.05, 0) is 13.8 Å². The van der Waals surface area contributed by atoms with E-state index in [4.69, 9.17) is 9.47 Å². The van der Waals surface area contributed by atoms with Crippen molar-refractivity contribution in [3.05, 3.63) is 12.2 Å². The van der Waals surface area contributed by atoms with Gasteiger partial charge in [-0.3, -0.25) is 0 Å². The highest BCUT2D eigenvalue weighted by atomic mass is 16.7. The van der Waals surface area contributed by atoms with Crippen LogP contribution in [0.25, 0.3) is 0 Å². The second kappa shape index (κ2) is 3.08. The number of hydrogen-bond donors (Lipinski definition) is 1. The average molecular weight is 184 g/mol. The molecule has 1 heterocycles. The minimum atomic E-state index is -0.494.